The van der Waals surface area contributed by atoms with E-state index in [0.717, 1.165) is 39.0 Å². The highest BCUT2D eigenvalue weighted by Gasteiger charge is 2.31. The minimum atomic E-state index is 0.0787. The van der Waals surface area contributed by atoms with Crippen LogP contribution >= 0.6 is 34.9 Å². The number of aryl methyl sites for hydroxylation is 1. The SMILES string of the molecule is CCSc1nc2sc3c(c2c(=O)n1-c1ccc(C)cc1)CC(C)(C)SC3. The van der Waals surface area contributed by atoms with Crippen LogP contribution in [0.3, 0.4) is 0 Å². The van der Waals surface area contributed by atoms with Gasteiger partial charge in [-0.1, -0.05) is 50.2 Å². The highest BCUT2D eigenvalue weighted by atomic mass is 32.2. The Kier molecular flexibility index (Phi) is 4.70. The molecule has 0 N–H and O–H groups in total. The lowest BCUT2D eigenvalue weighted by atomic mass is 10.00. The lowest BCUT2D eigenvalue weighted by molar-refractivity contribution is 0.698. The molecule has 0 spiro atoms. The van der Waals surface area contributed by atoms with Gasteiger partial charge in [-0.05, 0) is 36.8 Å². The predicted octanol–water partition coefficient (Wildman–Crippen LogP) is 5.44. The molecule has 26 heavy (non-hydrogen) atoms. The highest BCUT2D eigenvalue weighted by Crippen LogP contribution is 2.44. The molecule has 0 aliphatic carbocycles. The van der Waals surface area contributed by atoms with E-state index < -0.39 is 0 Å². The van der Waals surface area contributed by atoms with Crippen LogP contribution in [0.1, 0.15) is 36.8 Å². The van der Waals surface area contributed by atoms with Crippen LogP contribution in [0.2, 0.25) is 0 Å². The number of fused-ring (bicyclic) bond motifs is 3. The second kappa shape index (κ2) is 6.73. The lowest BCUT2D eigenvalue weighted by Gasteiger charge is -2.28. The first kappa shape index (κ1) is 18.1. The minimum absolute atomic E-state index is 0.0787. The Bertz CT molecular complexity index is 1030. The molecule has 0 amide bonds. The Morgan fingerprint density at radius 3 is 2.69 bits per heavy atom. The molecule has 0 unspecified atom stereocenters. The van der Waals surface area contributed by atoms with Gasteiger partial charge in [-0.15, -0.1) is 23.1 Å². The van der Waals surface area contributed by atoms with Crippen molar-refractivity contribution in [2.24, 2.45) is 0 Å². The first-order chi connectivity index (χ1) is 12.4. The van der Waals surface area contributed by atoms with E-state index in [-0.39, 0.29) is 10.3 Å². The van der Waals surface area contributed by atoms with Gasteiger partial charge in [0.05, 0.1) is 11.1 Å². The van der Waals surface area contributed by atoms with Gasteiger partial charge in [0, 0.05) is 15.4 Å². The van der Waals surface area contributed by atoms with Gasteiger partial charge in [0.25, 0.3) is 5.56 Å². The maximum atomic E-state index is 13.6. The zero-order chi connectivity index (χ0) is 18.5. The Morgan fingerprint density at radius 2 is 2.00 bits per heavy atom. The third-order valence-electron chi connectivity index (χ3n) is 4.64. The quantitative estimate of drug-likeness (QED) is 0.432. The number of nitrogens with zero attached hydrogens (tertiary/aromatic N) is 2. The van der Waals surface area contributed by atoms with E-state index in [1.165, 1.54) is 16.0 Å². The van der Waals surface area contributed by atoms with Crippen molar-refractivity contribution in [3.05, 3.63) is 50.6 Å². The summed E-state index contributed by atoms with van der Waals surface area (Å²) in [6.07, 6.45) is 0.929. The van der Waals surface area contributed by atoms with Crippen molar-refractivity contribution in [3.63, 3.8) is 0 Å². The van der Waals surface area contributed by atoms with Crippen LogP contribution < -0.4 is 5.56 Å². The summed E-state index contributed by atoms with van der Waals surface area (Å²) in [6.45, 7) is 8.68. The fourth-order valence-electron chi connectivity index (χ4n) is 3.32. The monoisotopic (exact) mass is 402 g/mol. The average molecular weight is 403 g/mol. The average Bonchev–Trinajstić information content (AvgIpc) is 2.93. The fraction of sp³-hybridized carbons (Fsp3) is 0.400. The molecular formula is C20H22N2OS3. The van der Waals surface area contributed by atoms with E-state index >= 15 is 0 Å². The molecule has 2 aromatic heterocycles. The van der Waals surface area contributed by atoms with Gasteiger partial charge in [-0.2, -0.15) is 0 Å². The van der Waals surface area contributed by atoms with E-state index in [0.29, 0.717) is 0 Å². The van der Waals surface area contributed by atoms with Crippen LogP contribution in [0.5, 0.6) is 0 Å². The van der Waals surface area contributed by atoms with Gasteiger partial charge in [-0.3, -0.25) is 9.36 Å². The first-order valence-corrected chi connectivity index (χ1v) is 11.6. The van der Waals surface area contributed by atoms with Crippen molar-refractivity contribution in [2.75, 3.05) is 5.75 Å². The Hall–Kier alpha value is -1.24. The van der Waals surface area contributed by atoms with Crippen molar-refractivity contribution in [1.82, 2.24) is 9.55 Å². The normalized spacial score (nSPS) is 16.0. The molecule has 4 rings (SSSR count). The van der Waals surface area contributed by atoms with E-state index in [2.05, 4.69) is 39.8 Å². The molecule has 0 saturated carbocycles. The molecule has 0 atom stereocenters. The molecule has 3 nitrogen and oxygen atoms in total. The van der Waals surface area contributed by atoms with Gasteiger partial charge in [0.2, 0.25) is 0 Å². The predicted molar refractivity (Wildman–Crippen MR) is 115 cm³/mol. The highest BCUT2D eigenvalue weighted by molar-refractivity contribution is 8.00. The lowest BCUT2D eigenvalue weighted by Crippen LogP contribution is -2.26. The number of thioether (sulfide) groups is 2. The number of hydrogen-bond donors (Lipinski definition) is 0. The zero-order valence-corrected chi connectivity index (χ0v) is 17.9. The van der Waals surface area contributed by atoms with Crippen LogP contribution in [-0.2, 0) is 12.2 Å². The molecular weight excluding hydrogens is 380 g/mol. The summed E-state index contributed by atoms with van der Waals surface area (Å²) < 4.78 is 1.97. The molecule has 0 bridgehead atoms. The summed E-state index contributed by atoms with van der Waals surface area (Å²) >= 11 is 5.30. The van der Waals surface area contributed by atoms with Gasteiger partial charge >= 0.3 is 0 Å². The molecule has 1 aromatic carbocycles. The Morgan fingerprint density at radius 1 is 1.27 bits per heavy atom. The number of rotatable bonds is 3. The van der Waals surface area contributed by atoms with Crippen molar-refractivity contribution >= 4 is 45.1 Å². The largest absolute Gasteiger partial charge is 0.268 e. The second-order valence-corrected chi connectivity index (χ2v) is 11.2. The third kappa shape index (κ3) is 3.12. The van der Waals surface area contributed by atoms with Crippen molar-refractivity contribution < 1.29 is 0 Å². The third-order valence-corrected chi connectivity index (χ3v) is 8.13. The second-order valence-electron chi connectivity index (χ2n) is 7.21. The molecule has 6 heteroatoms. The van der Waals surface area contributed by atoms with Crippen LogP contribution in [-0.4, -0.2) is 20.1 Å². The maximum Gasteiger partial charge on any atom is 0.267 e. The van der Waals surface area contributed by atoms with E-state index in [1.807, 2.05) is 23.9 Å². The van der Waals surface area contributed by atoms with Gasteiger partial charge in [0.15, 0.2) is 5.16 Å². The van der Waals surface area contributed by atoms with Gasteiger partial charge in [0.1, 0.15) is 4.83 Å². The molecule has 1 aliphatic rings. The Balaban J connectivity index is 2.01. The van der Waals surface area contributed by atoms with E-state index in [4.69, 9.17) is 4.98 Å². The standard InChI is InChI=1S/C20H22N2OS3/c1-5-24-19-21-17-16(14-10-20(3,4)25-11-15(14)26-17)18(23)22(19)13-8-6-12(2)7-9-13/h6-9H,5,10-11H2,1-4H3. The topological polar surface area (TPSA) is 34.9 Å². The zero-order valence-electron chi connectivity index (χ0n) is 15.5. The first-order valence-electron chi connectivity index (χ1n) is 8.81. The van der Waals surface area contributed by atoms with Crippen molar-refractivity contribution in [1.29, 1.82) is 0 Å². The summed E-state index contributed by atoms with van der Waals surface area (Å²) in [7, 11) is 0. The molecule has 136 valence electrons. The molecule has 3 heterocycles. The minimum Gasteiger partial charge on any atom is -0.268 e. The molecule has 0 fully saturated rings. The Labute approximate surface area is 166 Å². The molecule has 0 radical (unpaired) electrons. The van der Waals surface area contributed by atoms with Gasteiger partial charge < -0.3 is 0 Å². The number of benzene rings is 1. The summed E-state index contributed by atoms with van der Waals surface area (Å²) in [6, 6.07) is 8.13. The summed E-state index contributed by atoms with van der Waals surface area (Å²) in [5.74, 6) is 1.86. The number of thiophene rings is 1. The maximum absolute atomic E-state index is 13.6. The number of hydrogen-bond acceptors (Lipinski definition) is 5. The molecule has 3 aromatic rings. The van der Waals surface area contributed by atoms with Crippen molar-refractivity contribution in [3.8, 4) is 5.69 Å². The molecule has 1 aliphatic heterocycles. The molecule has 0 saturated heterocycles. The van der Waals surface area contributed by atoms with E-state index in [9.17, 15) is 4.79 Å². The van der Waals surface area contributed by atoms with E-state index in [1.54, 1.807) is 27.7 Å². The smallest absolute Gasteiger partial charge is 0.267 e. The van der Waals surface area contributed by atoms with Crippen LogP contribution in [0.25, 0.3) is 15.9 Å². The summed E-state index contributed by atoms with van der Waals surface area (Å²) in [4.78, 5) is 20.7. The number of aromatic nitrogens is 2. The summed E-state index contributed by atoms with van der Waals surface area (Å²) in [5.41, 5.74) is 3.39. The van der Waals surface area contributed by atoms with Crippen molar-refractivity contribution in [2.45, 2.75) is 49.8 Å². The fourth-order valence-corrected chi connectivity index (χ4v) is 6.44. The van der Waals surface area contributed by atoms with Gasteiger partial charge in [-0.25, -0.2) is 4.98 Å². The summed E-state index contributed by atoms with van der Waals surface area (Å²) in [5, 5.41) is 1.62. The van der Waals surface area contributed by atoms with Crippen LogP contribution in [0.4, 0.5) is 0 Å². The van der Waals surface area contributed by atoms with Crippen LogP contribution in [0.15, 0.2) is 34.2 Å². The van der Waals surface area contributed by atoms with Crippen LogP contribution in [0, 0.1) is 6.92 Å².